The molecule has 1 nitrogen and oxygen atoms in total. The third-order valence-electron chi connectivity index (χ3n) is 3.81. The van der Waals surface area contributed by atoms with Crippen LogP contribution in [0.5, 0.6) is 0 Å². The number of aryl methyl sites for hydroxylation is 3. The molecule has 0 amide bonds. The van der Waals surface area contributed by atoms with Crippen molar-refractivity contribution in [1.29, 1.82) is 0 Å². The monoisotopic (exact) mass is 273 g/mol. The van der Waals surface area contributed by atoms with Crippen molar-refractivity contribution in [1.82, 2.24) is 0 Å². The first-order chi connectivity index (χ1) is 10.1. The van der Waals surface area contributed by atoms with E-state index in [1.165, 1.54) is 33.0 Å². The van der Waals surface area contributed by atoms with Gasteiger partial charge in [-0.2, -0.15) is 0 Å². The van der Waals surface area contributed by atoms with Gasteiger partial charge in [0.1, 0.15) is 0 Å². The second-order valence-corrected chi connectivity index (χ2v) is 5.60. The van der Waals surface area contributed by atoms with Gasteiger partial charge in [-0.25, -0.2) is 0 Å². The summed E-state index contributed by atoms with van der Waals surface area (Å²) in [5.74, 6) is 0. The standard InChI is InChI=1S/C20H19N/c1-14-10-15(2)20(16(3)11-14)13-21-19-9-8-17-6-4-5-7-18(17)12-19/h4-13H,1-3H3. The van der Waals surface area contributed by atoms with Gasteiger partial charge in [-0.3, -0.25) is 4.99 Å². The van der Waals surface area contributed by atoms with Gasteiger partial charge in [0.2, 0.25) is 0 Å². The molecule has 0 saturated carbocycles. The summed E-state index contributed by atoms with van der Waals surface area (Å²) < 4.78 is 0. The molecule has 3 aromatic carbocycles. The molecule has 0 N–H and O–H groups in total. The highest BCUT2D eigenvalue weighted by Crippen LogP contribution is 2.22. The Bertz CT molecular complexity index is 805. The van der Waals surface area contributed by atoms with Crippen LogP contribution in [0.3, 0.4) is 0 Å². The van der Waals surface area contributed by atoms with E-state index in [1.54, 1.807) is 0 Å². The quantitative estimate of drug-likeness (QED) is 0.545. The molecule has 0 aliphatic rings. The molecule has 0 aliphatic carbocycles. The van der Waals surface area contributed by atoms with Gasteiger partial charge in [-0.15, -0.1) is 0 Å². The Morgan fingerprint density at radius 1 is 0.762 bits per heavy atom. The summed E-state index contributed by atoms with van der Waals surface area (Å²) >= 11 is 0. The predicted molar refractivity (Wildman–Crippen MR) is 91.9 cm³/mol. The number of aliphatic imine (C=N–C) groups is 1. The van der Waals surface area contributed by atoms with Crippen molar-refractivity contribution >= 4 is 22.7 Å². The Hall–Kier alpha value is -2.41. The van der Waals surface area contributed by atoms with Crippen molar-refractivity contribution in [2.24, 2.45) is 4.99 Å². The fraction of sp³-hybridized carbons (Fsp3) is 0.150. The molecule has 0 aliphatic heterocycles. The Morgan fingerprint density at radius 3 is 2.14 bits per heavy atom. The van der Waals surface area contributed by atoms with E-state index in [-0.39, 0.29) is 0 Å². The molecule has 3 rings (SSSR count). The maximum Gasteiger partial charge on any atom is 0.0636 e. The average Bonchev–Trinajstić information content (AvgIpc) is 2.46. The van der Waals surface area contributed by atoms with Crippen molar-refractivity contribution in [3.8, 4) is 0 Å². The Morgan fingerprint density at radius 2 is 1.43 bits per heavy atom. The Labute approximate surface area is 126 Å². The summed E-state index contributed by atoms with van der Waals surface area (Å²) in [5, 5.41) is 2.48. The van der Waals surface area contributed by atoms with Crippen molar-refractivity contribution in [2.45, 2.75) is 20.8 Å². The van der Waals surface area contributed by atoms with Gasteiger partial charge >= 0.3 is 0 Å². The summed E-state index contributed by atoms with van der Waals surface area (Å²) in [6.07, 6.45) is 1.98. The largest absolute Gasteiger partial charge is 0.256 e. The molecule has 0 saturated heterocycles. The molecule has 1 heteroatoms. The van der Waals surface area contributed by atoms with E-state index in [4.69, 9.17) is 0 Å². The molecule has 0 atom stereocenters. The number of hydrogen-bond acceptors (Lipinski definition) is 1. The summed E-state index contributed by atoms with van der Waals surface area (Å²) in [4.78, 5) is 4.65. The van der Waals surface area contributed by atoms with Crippen LogP contribution in [0.2, 0.25) is 0 Å². The lowest BCUT2D eigenvalue weighted by atomic mass is 10.0. The van der Waals surface area contributed by atoms with Crippen LogP contribution < -0.4 is 0 Å². The van der Waals surface area contributed by atoms with Crippen LogP contribution in [-0.2, 0) is 0 Å². The predicted octanol–water partition coefficient (Wildman–Crippen LogP) is 5.52. The number of rotatable bonds is 2. The van der Waals surface area contributed by atoms with Crippen molar-refractivity contribution in [3.63, 3.8) is 0 Å². The molecule has 104 valence electrons. The molecule has 0 bridgehead atoms. The van der Waals surface area contributed by atoms with Gasteiger partial charge in [0.15, 0.2) is 0 Å². The first kappa shape index (κ1) is 13.6. The zero-order valence-corrected chi connectivity index (χ0v) is 12.7. The second kappa shape index (κ2) is 5.53. The molecule has 0 fully saturated rings. The van der Waals surface area contributed by atoms with E-state index in [0.717, 1.165) is 5.69 Å². The van der Waals surface area contributed by atoms with E-state index in [1.807, 2.05) is 6.21 Å². The van der Waals surface area contributed by atoms with Crippen LogP contribution >= 0.6 is 0 Å². The van der Waals surface area contributed by atoms with Crippen LogP contribution in [-0.4, -0.2) is 6.21 Å². The average molecular weight is 273 g/mol. The van der Waals surface area contributed by atoms with E-state index in [9.17, 15) is 0 Å². The molecule has 3 aromatic rings. The van der Waals surface area contributed by atoms with Crippen LogP contribution in [0.4, 0.5) is 5.69 Å². The highest BCUT2D eigenvalue weighted by Gasteiger charge is 2.01. The normalized spacial score (nSPS) is 11.4. The summed E-state index contributed by atoms with van der Waals surface area (Å²) in [6.45, 7) is 6.41. The third-order valence-corrected chi connectivity index (χ3v) is 3.81. The van der Waals surface area contributed by atoms with E-state index >= 15 is 0 Å². The summed E-state index contributed by atoms with van der Waals surface area (Å²) in [7, 11) is 0. The maximum absolute atomic E-state index is 4.65. The van der Waals surface area contributed by atoms with E-state index < -0.39 is 0 Å². The highest BCUT2D eigenvalue weighted by atomic mass is 14.7. The lowest BCUT2D eigenvalue weighted by Crippen LogP contribution is -1.93. The van der Waals surface area contributed by atoms with Crippen molar-refractivity contribution in [2.75, 3.05) is 0 Å². The smallest absolute Gasteiger partial charge is 0.0636 e. The summed E-state index contributed by atoms with van der Waals surface area (Å²) in [5.41, 5.74) is 6.06. The molecule has 0 aromatic heterocycles. The summed E-state index contributed by atoms with van der Waals surface area (Å²) in [6, 6.07) is 19.1. The number of benzene rings is 3. The first-order valence-corrected chi connectivity index (χ1v) is 7.24. The third kappa shape index (κ3) is 2.87. The van der Waals surface area contributed by atoms with Gasteiger partial charge in [-0.1, -0.05) is 48.0 Å². The topological polar surface area (TPSA) is 12.4 Å². The molecule has 0 spiro atoms. The number of fused-ring (bicyclic) bond motifs is 1. The lowest BCUT2D eigenvalue weighted by Gasteiger charge is -2.06. The molecule has 0 heterocycles. The lowest BCUT2D eigenvalue weighted by molar-refractivity contribution is 1.30. The zero-order chi connectivity index (χ0) is 14.8. The zero-order valence-electron chi connectivity index (χ0n) is 12.7. The minimum atomic E-state index is 0.994. The highest BCUT2D eigenvalue weighted by molar-refractivity contribution is 5.89. The Balaban J connectivity index is 1.98. The fourth-order valence-corrected chi connectivity index (χ4v) is 2.79. The van der Waals surface area contributed by atoms with Crippen LogP contribution in [0.15, 0.2) is 59.6 Å². The number of nitrogens with zero attached hydrogens (tertiary/aromatic N) is 1. The van der Waals surface area contributed by atoms with E-state index in [0.29, 0.717) is 0 Å². The Kier molecular flexibility index (Phi) is 3.57. The molecule has 0 radical (unpaired) electrons. The first-order valence-electron chi connectivity index (χ1n) is 7.24. The maximum atomic E-state index is 4.65. The molecular weight excluding hydrogens is 254 g/mol. The van der Waals surface area contributed by atoms with Gasteiger partial charge in [0, 0.05) is 6.21 Å². The van der Waals surface area contributed by atoms with Crippen molar-refractivity contribution < 1.29 is 0 Å². The van der Waals surface area contributed by atoms with Crippen LogP contribution in [0.25, 0.3) is 10.8 Å². The van der Waals surface area contributed by atoms with Gasteiger partial charge in [0.05, 0.1) is 5.69 Å². The van der Waals surface area contributed by atoms with Gasteiger partial charge < -0.3 is 0 Å². The van der Waals surface area contributed by atoms with Crippen LogP contribution in [0, 0.1) is 20.8 Å². The fourth-order valence-electron chi connectivity index (χ4n) is 2.79. The second-order valence-electron chi connectivity index (χ2n) is 5.60. The minimum Gasteiger partial charge on any atom is -0.256 e. The molecule has 21 heavy (non-hydrogen) atoms. The van der Waals surface area contributed by atoms with Crippen LogP contribution in [0.1, 0.15) is 22.3 Å². The van der Waals surface area contributed by atoms with Gasteiger partial charge in [0.25, 0.3) is 0 Å². The molecule has 0 unspecified atom stereocenters. The molecular formula is C20H19N. The SMILES string of the molecule is Cc1cc(C)c(C=Nc2ccc3ccccc3c2)c(C)c1. The van der Waals surface area contributed by atoms with Crippen molar-refractivity contribution in [3.05, 3.63) is 76.9 Å². The number of hydrogen-bond donors (Lipinski definition) is 0. The minimum absolute atomic E-state index is 0.994. The van der Waals surface area contributed by atoms with Gasteiger partial charge in [-0.05, 0) is 60.4 Å². The van der Waals surface area contributed by atoms with E-state index in [2.05, 4.69) is 80.4 Å².